The first-order valence-corrected chi connectivity index (χ1v) is 9.25. The molecule has 1 aromatic carbocycles. The number of carbonyl (C=O) groups is 1. The maximum atomic E-state index is 11.3. The zero-order valence-corrected chi connectivity index (χ0v) is 15.2. The molecular formula is C22H28O3. The number of allylic oxidation sites excluding steroid dienone is 2. The average Bonchev–Trinajstić information content (AvgIpc) is 2.65. The molecule has 2 atom stereocenters. The summed E-state index contributed by atoms with van der Waals surface area (Å²) < 4.78 is 11.9. The first-order valence-electron chi connectivity index (χ1n) is 9.25. The molecule has 3 rings (SSSR count). The van der Waals surface area contributed by atoms with Gasteiger partial charge in [-0.3, -0.25) is 4.79 Å². The number of carbonyl (C=O) groups excluding carboxylic acids is 1. The van der Waals surface area contributed by atoms with E-state index >= 15 is 0 Å². The quantitative estimate of drug-likeness (QED) is 0.714. The molecule has 0 saturated carbocycles. The van der Waals surface area contributed by atoms with Gasteiger partial charge < -0.3 is 9.47 Å². The number of aryl methyl sites for hydroxylation is 1. The fourth-order valence-corrected chi connectivity index (χ4v) is 3.75. The van der Waals surface area contributed by atoms with Crippen LogP contribution in [-0.2, 0) is 15.9 Å². The Morgan fingerprint density at radius 1 is 1.28 bits per heavy atom. The van der Waals surface area contributed by atoms with Crippen LogP contribution >= 0.6 is 0 Å². The molecule has 134 valence electrons. The Labute approximate surface area is 150 Å². The summed E-state index contributed by atoms with van der Waals surface area (Å²) in [6.45, 7) is 6.06. The van der Waals surface area contributed by atoms with Gasteiger partial charge in [0.1, 0.15) is 6.29 Å². The van der Waals surface area contributed by atoms with Crippen LogP contribution in [-0.4, -0.2) is 31.7 Å². The molecule has 0 amide bonds. The van der Waals surface area contributed by atoms with Crippen LogP contribution in [0.3, 0.4) is 0 Å². The monoisotopic (exact) mass is 340 g/mol. The van der Waals surface area contributed by atoms with Gasteiger partial charge in [0.15, 0.2) is 0 Å². The minimum Gasteiger partial charge on any atom is -0.381 e. The van der Waals surface area contributed by atoms with Crippen LogP contribution in [0.1, 0.15) is 49.0 Å². The van der Waals surface area contributed by atoms with Gasteiger partial charge in [-0.2, -0.15) is 0 Å². The van der Waals surface area contributed by atoms with Gasteiger partial charge in [0.25, 0.3) is 0 Å². The van der Waals surface area contributed by atoms with Crippen molar-refractivity contribution in [2.45, 2.75) is 51.7 Å². The van der Waals surface area contributed by atoms with Crippen LogP contribution in [0.2, 0.25) is 0 Å². The Hall–Kier alpha value is -1.71. The molecule has 1 fully saturated rings. The third-order valence-corrected chi connectivity index (χ3v) is 5.76. The van der Waals surface area contributed by atoms with Gasteiger partial charge in [0.2, 0.25) is 0 Å². The molecule has 1 aromatic rings. The third kappa shape index (κ3) is 4.10. The van der Waals surface area contributed by atoms with Crippen molar-refractivity contribution in [2.75, 3.05) is 13.2 Å². The molecule has 1 heterocycles. The van der Waals surface area contributed by atoms with Gasteiger partial charge in [-0.1, -0.05) is 55.0 Å². The number of aldehydes is 1. The SMILES string of the molecule is CC1=CC=CC(OC2CCOCC2)C1(C)CCc1ccccc1C=O. The minimum atomic E-state index is -0.0525. The van der Waals surface area contributed by atoms with E-state index in [9.17, 15) is 4.79 Å². The zero-order chi connectivity index (χ0) is 17.7. The molecule has 0 N–H and O–H groups in total. The Bertz CT molecular complexity index is 655. The second-order valence-corrected chi connectivity index (χ2v) is 7.34. The predicted molar refractivity (Wildman–Crippen MR) is 99.9 cm³/mol. The van der Waals surface area contributed by atoms with E-state index in [-0.39, 0.29) is 17.6 Å². The maximum Gasteiger partial charge on any atom is 0.150 e. The number of hydrogen-bond acceptors (Lipinski definition) is 3. The van der Waals surface area contributed by atoms with Gasteiger partial charge >= 0.3 is 0 Å². The van der Waals surface area contributed by atoms with Crippen molar-refractivity contribution in [3.05, 3.63) is 59.2 Å². The molecule has 0 spiro atoms. The Morgan fingerprint density at radius 3 is 2.80 bits per heavy atom. The number of ether oxygens (including phenoxy) is 2. The highest BCUT2D eigenvalue weighted by atomic mass is 16.5. The van der Waals surface area contributed by atoms with E-state index in [2.05, 4.69) is 38.1 Å². The molecule has 3 nitrogen and oxygen atoms in total. The van der Waals surface area contributed by atoms with Crippen LogP contribution in [0, 0.1) is 5.41 Å². The molecule has 0 radical (unpaired) electrons. The first kappa shape index (κ1) is 18.1. The molecular weight excluding hydrogens is 312 g/mol. The van der Waals surface area contributed by atoms with Gasteiger partial charge in [-0.05, 0) is 38.2 Å². The molecule has 1 saturated heterocycles. The van der Waals surface area contributed by atoms with Crippen molar-refractivity contribution in [1.82, 2.24) is 0 Å². The number of hydrogen-bond donors (Lipinski definition) is 0. The van der Waals surface area contributed by atoms with Crippen molar-refractivity contribution in [1.29, 1.82) is 0 Å². The van der Waals surface area contributed by atoms with Gasteiger partial charge in [0.05, 0.1) is 12.2 Å². The maximum absolute atomic E-state index is 11.3. The van der Waals surface area contributed by atoms with Crippen LogP contribution in [0.15, 0.2) is 48.1 Å². The number of rotatable bonds is 6. The Kier molecular flexibility index (Phi) is 5.87. The average molecular weight is 340 g/mol. The Balaban J connectivity index is 1.73. The lowest BCUT2D eigenvalue weighted by molar-refractivity contribution is -0.0851. The second kappa shape index (κ2) is 8.11. The van der Waals surface area contributed by atoms with Crippen LogP contribution in [0.25, 0.3) is 0 Å². The molecule has 1 aliphatic heterocycles. The Morgan fingerprint density at radius 2 is 2.04 bits per heavy atom. The fourth-order valence-electron chi connectivity index (χ4n) is 3.75. The molecule has 0 bridgehead atoms. The molecule has 1 aliphatic carbocycles. The summed E-state index contributed by atoms with van der Waals surface area (Å²) >= 11 is 0. The largest absolute Gasteiger partial charge is 0.381 e. The van der Waals surface area contributed by atoms with Crippen LogP contribution in [0.4, 0.5) is 0 Å². The highest BCUT2D eigenvalue weighted by Gasteiger charge is 2.38. The van der Waals surface area contributed by atoms with E-state index in [4.69, 9.17) is 9.47 Å². The van der Waals surface area contributed by atoms with E-state index in [1.165, 1.54) is 5.57 Å². The molecule has 3 heteroatoms. The highest BCUT2D eigenvalue weighted by molar-refractivity contribution is 5.77. The van der Waals surface area contributed by atoms with E-state index in [1.54, 1.807) is 0 Å². The first-order chi connectivity index (χ1) is 12.1. The summed E-state index contributed by atoms with van der Waals surface area (Å²) in [5.41, 5.74) is 3.20. The van der Waals surface area contributed by atoms with E-state index in [1.807, 2.05) is 18.2 Å². The predicted octanol–water partition coefficient (Wildman–Crippen LogP) is 4.52. The normalized spacial score (nSPS) is 27.1. The summed E-state index contributed by atoms with van der Waals surface area (Å²) in [5.74, 6) is 0. The topological polar surface area (TPSA) is 35.5 Å². The summed E-state index contributed by atoms with van der Waals surface area (Å²) in [6.07, 6.45) is 11.6. The minimum absolute atomic E-state index is 0.0525. The summed E-state index contributed by atoms with van der Waals surface area (Å²) in [7, 11) is 0. The summed E-state index contributed by atoms with van der Waals surface area (Å²) in [5, 5.41) is 0. The zero-order valence-electron chi connectivity index (χ0n) is 15.2. The lowest BCUT2D eigenvalue weighted by atomic mass is 9.71. The van der Waals surface area contributed by atoms with Gasteiger partial charge in [-0.25, -0.2) is 0 Å². The number of benzene rings is 1. The molecule has 2 aliphatic rings. The smallest absolute Gasteiger partial charge is 0.150 e. The molecule has 0 aromatic heterocycles. The second-order valence-electron chi connectivity index (χ2n) is 7.34. The van der Waals surface area contributed by atoms with Crippen molar-refractivity contribution in [3.8, 4) is 0 Å². The fraction of sp³-hybridized carbons (Fsp3) is 0.500. The highest BCUT2D eigenvalue weighted by Crippen LogP contribution is 2.41. The van der Waals surface area contributed by atoms with Gasteiger partial charge in [0, 0.05) is 24.2 Å². The lowest BCUT2D eigenvalue weighted by Crippen LogP contribution is -2.40. The molecule has 2 unspecified atom stereocenters. The van der Waals surface area contributed by atoms with E-state index < -0.39 is 0 Å². The van der Waals surface area contributed by atoms with E-state index in [0.717, 1.165) is 56.3 Å². The lowest BCUT2D eigenvalue weighted by Gasteiger charge is -2.41. The van der Waals surface area contributed by atoms with Crippen molar-refractivity contribution in [2.24, 2.45) is 5.41 Å². The third-order valence-electron chi connectivity index (χ3n) is 5.76. The van der Waals surface area contributed by atoms with Crippen molar-refractivity contribution < 1.29 is 14.3 Å². The summed E-state index contributed by atoms with van der Waals surface area (Å²) in [4.78, 5) is 11.3. The van der Waals surface area contributed by atoms with Gasteiger partial charge in [-0.15, -0.1) is 0 Å². The molecule has 25 heavy (non-hydrogen) atoms. The summed E-state index contributed by atoms with van der Waals surface area (Å²) in [6, 6.07) is 7.87. The van der Waals surface area contributed by atoms with E-state index in [0.29, 0.717) is 0 Å². The standard InChI is InChI=1S/C22H28O3/c1-17-6-5-9-21(25-20-11-14-24-15-12-20)22(17,2)13-10-18-7-3-4-8-19(18)16-23/h3-9,16,20-21H,10-15H2,1-2H3. The van der Waals surface area contributed by atoms with Crippen LogP contribution in [0.5, 0.6) is 0 Å². The van der Waals surface area contributed by atoms with Crippen molar-refractivity contribution >= 4 is 6.29 Å². The van der Waals surface area contributed by atoms with Crippen LogP contribution < -0.4 is 0 Å². The van der Waals surface area contributed by atoms with Crippen molar-refractivity contribution in [3.63, 3.8) is 0 Å².